The number of benzene rings is 2. The fourth-order valence-electron chi connectivity index (χ4n) is 8.73. The zero-order valence-electron chi connectivity index (χ0n) is 33.7. The molecule has 2 saturated heterocycles. The zero-order valence-corrected chi connectivity index (χ0v) is 33.7. The number of piperidine rings is 2. The van der Waals surface area contributed by atoms with E-state index in [1.165, 1.54) is 39.0 Å². The smallest absolute Gasteiger partial charge is 0.174 e. The molecule has 8 rings (SSSR count). The molecular weight excluding hydrogens is 771 g/mol. The van der Waals surface area contributed by atoms with Crippen LogP contribution in [0.25, 0.3) is 44.6 Å². The number of anilines is 2. The van der Waals surface area contributed by atoms with Crippen molar-refractivity contribution < 1.29 is 23.0 Å². The molecule has 0 bridgehead atoms. The molecule has 60 heavy (non-hydrogen) atoms. The summed E-state index contributed by atoms with van der Waals surface area (Å²) >= 11 is 0. The molecule has 15 nitrogen and oxygen atoms in total. The van der Waals surface area contributed by atoms with Crippen molar-refractivity contribution >= 4 is 39.5 Å². The number of Topliss-reactive ketones (excluding diaryl/α,β-unsaturated/α-hetero) is 1. The van der Waals surface area contributed by atoms with Gasteiger partial charge >= 0.3 is 0 Å². The molecule has 0 aliphatic carbocycles. The van der Waals surface area contributed by atoms with E-state index >= 15 is 0 Å². The largest absolute Gasteiger partial charge is 0.494 e. The van der Waals surface area contributed by atoms with E-state index in [1.807, 2.05) is 9.36 Å². The van der Waals surface area contributed by atoms with Gasteiger partial charge < -0.3 is 20.9 Å². The van der Waals surface area contributed by atoms with Crippen molar-refractivity contribution in [3.63, 3.8) is 0 Å². The number of ether oxygens (including phenoxy) is 2. The molecule has 2 aliphatic heterocycles. The minimum absolute atomic E-state index is 0.0557. The Morgan fingerprint density at radius 1 is 0.717 bits per heavy atom. The number of hydrogen-bond donors (Lipinski definition) is 2. The van der Waals surface area contributed by atoms with E-state index < -0.39 is 23.7 Å². The number of likely N-dealkylation sites (tertiary alicyclic amines) is 2. The monoisotopic (exact) mass is 818 g/mol. The van der Waals surface area contributed by atoms with Crippen molar-refractivity contribution in [3.8, 4) is 34.0 Å². The minimum Gasteiger partial charge on any atom is -0.494 e. The van der Waals surface area contributed by atoms with Gasteiger partial charge in [0, 0.05) is 24.2 Å². The number of nitrogens with two attached hydrogens (primary N) is 2. The van der Waals surface area contributed by atoms with Crippen molar-refractivity contribution in [2.24, 2.45) is 11.8 Å². The first kappa shape index (κ1) is 40.4. The first-order chi connectivity index (χ1) is 29.1. The van der Waals surface area contributed by atoms with E-state index in [1.54, 1.807) is 36.4 Å². The maximum Gasteiger partial charge on any atom is 0.174 e. The number of aromatic nitrogens is 8. The maximum absolute atomic E-state index is 14.7. The highest BCUT2D eigenvalue weighted by molar-refractivity contribution is 5.99. The normalized spacial score (nSPS) is 16.9. The molecule has 312 valence electrons. The summed E-state index contributed by atoms with van der Waals surface area (Å²) in [4.78, 5) is 36.0. The zero-order chi connectivity index (χ0) is 42.1. The number of fused-ring (bicyclic) bond motifs is 2. The summed E-state index contributed by atoms with van der Waals surface area (Å²) in [5.41, 5.74) is 15.9. The van der Waals surface area contributed by atoms with E-state index in [-0.39, 0.29) is 40.8 Å². The van der Waals surface area contributed by atoms with E-state index in [4.69, 9.17) is 31.1 Å². The van der Waals surface area contributed by atoms with Gasteiger partial charge in [0.1, 0.15) is 35.7 Å². The Morgan fingerprint density at radius 2 is 1.12 bits per heavy atom. The Bertz CT molecular complexity index is 2390. The van der Waals surface area contributed by atoms with Crippen LogP contribution >= 0.6 is 0 Å². The Balaban J connectivity index is 0.899. The standard InChI is InChI=1S/C43H48F2N12O3/c1-5-31(54-15-11-25(12-16-54)21-56-42-35(40(46)48-23-50-42)37(52-56)27-7-9-33(59-3)29(44)19-27)39(58)32(6-2)55-17-13-26(14-18-55)22-57-43-36(41(47)49-24-51-43)38(53-57)28-8-10-34(60-4)30(45)20-28/h5-10,19-20,23-26,31-32H,1-2,11-18,21-22H2,3-4H3,(H2,46,48,50)(H2,47,49,51). The number of rotatable bonds is 14. The lowest BCUT2D eigenvalue weighted by molar-refractivity contribution is -0.127. The van der Waals surface area contributed by atoms with Gasteiger partial charge in [-0.05, 0) is 100 Å². The molecule has 6 aromatic rings. The summed E-state index contributed by atoms with van der Waals surface area (Å²) < 4.78 is 43.3. The second kappa shape index (κ2) is 17.1. The van der Waals surface area contributed by atoms with Gasteiger partial charge in [-0.3, -0.25) is 14.6 Å². The second-order valence-electron chi connectivity index (χ2n) is 15.4. The van der Waals surface area contributed by atoms with Gasteiger partial charge in [0.25, 0.3) is 0 Å². The van der Waals surface area contributed by atoms with E-state index in [2.05, 4.69) is 42.9 Å². The van der Waals surface area contributed by atoms with E-state index in [9.17, 15) is 13.6 Å². The number of methoxy groups -OCH3 is 2. The molecule has 2 aromatic carbocycles. The van der Waals surface area contributed by atoms with Crippen LogP contribution in [0.3, 0.4) is 0 Å². The highest BCUT2D eigenvalue weighted by Crippen LogP contribution is 2.35. The number of nitrogens with zero attached hydrogens (tertiary/aromatic N) is 10. The lowest BCUT2D eigenvalue weighted by Gasteiger charge is -2.40. The topological polar surface area (TPSA) is 181 Å². The SMILES string of the molecule is C=CC(C(=O)C(C=C)N1CCC(Cn2nc(-c3ccc(OC)c(F)c3)c3c(N)ncnc32)CC1)N1CCC(Cn2nc(-c3ccc(OC)c(F)c3)c3c(N)ncnc32)CC1. The average Bonchev–Trinajstić information content (AvgIpc) is 3.82. The van der Waals surface area contributed by atoms with Gasteiger partial charge in [0.05, 0.1) is 37.1 Å². The third-order valence-electron chi connectivity index (χ3n) is 11.9. The van der Waals surface area contributed by atoms with Gasteiger partial charge in [-0.2, -0.15) is 10.2 Å². The van der Waals surface area contributed by atoms with Crippen LogP contribution in [0.2, 0.25) is 0 Å². The van der Waals surface area contributed by atoms with Crippen LogP contribution < -0.4 is 20.9 Å². The van der Waals surface area contributed by atoms with Crippen LogP contribution in [-0.2, 0) is 17.9 Å². The molecule has 2 aliphatic rings. The highest BCUT2D eigenvalue weighted by Gasteiger charge is 2.36. The summed E-state index contributed by atoms with van der Waals surface area (Å²) in [5.74, 6) is 0.362. The predicted molar refractivity (Wildman–Crippen MR) is 225 cm³/mol. The van der Waals surface area contributed by atoms with Crippen molar-refractivity contribution in [1.29, 1.82) is 0 Å². The Hall–Kier alpha value is -6.33. The van der Waals surface area contributed by atoms with Gasteiger partial charge in [-0.15, -0.1) is 13.2 Å². The molecule has 0 spiro atoms. The van der Waals surface area contributed by atoms with Gasteiger partial charge in [0.15, 0.2) is 40.2 Å². The molecule has 4 N–H and O–H groups in total. The molecule has 4 aromatic heterocycles. The summed E-state index contributed by atoms with van der Waals surface area (Å²) in [6.45, 7) is 12.1. The van der Waals surface area contributed by atoms with Gasteiger partial charge in [-0.25, -0.2) is 38.1 Å². The Morgan fingerprint density at radius 3 is 1.47 bits per heavy atom. The van der Waals surface area contributed by atoms with E-state index in [0.717, 1.165) is 25.7 Å². The van der Waals surface area contributed by atoms with Crippen LogP contribution in [0, 0.1) is 23.5 Å². The van der Waals surface area contributed by atoms with Crippen LogP contribution in [0.4, 0.5) is 20.4 Å². The third-order valence-corrected chi connectivity index (χ3v) is 11.9. The molecule has 0 radical (unpaired) electrons. The lowest BCUT2D eigenvalue weighted by Crippen LogP contribution is -2.53. The number of carbonyl (C=O) groups excluding carboxylic acids is 1. The predicted octanol–water partition coefficient (Wildman–Crippen LogP) is 5.56. The quantitative estimate of drug-likeness (QED) is 0.131. The summed E-state index contributed by atoms with van der Waals surface area (Å²) in [5, 5.41) is 10.9. The number of ketones is 1. The fourth-order valence-corrected chi connectivity index (χ4v) is 8.73. The molecule has 2 unspecified atom stereocenters. The molecule has 2 atom stereocenters. The molecule has 17 heteroatoms. The minimum atomic E-state index is -0.503. The number of nitrogen functional groups attached to an aromatic ring is 2. The van der Waals surface area contributed by atoms with Crippen LogP contribution in [0.1, 0.15) is 25.7 Å². The number of carbonyl (C=O) groups is 1. The molecule has 6 heterocycles. The first-order valence-electron chi connectivity index (χ1n) is 20.0. The maximum atomic E-state index is 14.7. The van der Waals surface area contributed by atoms with Crippen molar-refractivity contribution in [2.75, 3.05) is 51.9 Å². The molecular formula is C43H48F2N12O3. The number of hydrogen-bond acceptors (Lipinski definition) is 13. The van der Waals surface area contributed by atoms with E-state index in [0.29, 0.717) is 83.9 Å². The van der Waals surface area contributed by atoms with Gasteiger partial charge in [0.2, 0.25) is 0 Å². The van der Waals surface area contributed by atoms with Crippen molar-refractivity contribution in [3.05, 3.63) is 86.0 Å². The summed E-state index contributed by atoms with van der Waals surface area (Å²) in [6.07, 6.45) is 9.60. The van der Waals surface area contributed by atoms with Crippen LogP contribution in [0.15, 0.2) is 74.4 Å². The average molecular weight is 819 g/mol. The second-order valence-corrected chi connectivity index (χ2v) is 15.4. The molecule has 2 fully saturated rings. The Kier molecular flexibility index (Phi) is 11.5. The molecule has 0 amide bonds. The number of halogens is 2. The summed E-state index contributed by atoms with van der Waals surface area (Å²) in [7, 11) is 2.84. The van der Waals surface area contributed by atoms with Crippen molar-refractivity contribution in [2.45, 2.75) is 50.9 Å². The third kappa shape index (κ3) is 7.65. The van der Waals surface area contributed by atoms with Gasteiger partial charge in [-0.1, -0.05) is 12.2 Å². The molecule has 0 saturated carbocycles. The fraction of sp³-hybridized carbons (Fsp3) is 0.372. The van der Waals surface area contributed by atoms with Crippen molar-refractivity contribution in [1.82, 2.24) is 49.3 Å². The van der Waals surface area contributed by atoms with Crippen LogP contribution in [0.5, 0.6) is 11.5 Å². The summed E-state index contributed by atoms with van der Waals surface area (Å²) in [6, 6.07) is 8.41. The highest BCUT2D eigenvalue weighted by atomic mass is 19.1. The first-order valence-corrected chi connectivity index (χ1v) is 20.0. The Labute approximate surface area is 345 Å². The lowest BCUT2D eigenvalue weighted by atomic mass is 9.91. The van der Waals surface area contributed by atoms with Crippen LogP contribution in [-0.4, -0.2) is 108 Å².